The molecule has 1 aliphatic carbocycles. The molecule has 0 aromatic carbocycles. The molecule has 2 fully saturated rings. The second kappa shape index (κ2) is 4.69. The van der Waals surface area contributed by atoms with Gasteiger partial charge in [-0.3, -0.25) is 4.79 Å². The van der Waals surface area contributed by atoms with E-state index < -0.39 is 11.4 Å². The van der Waals surface area contributed by atoms with Crippen molar-refractivity contribution < 1.29 is 14.7 Å². The lowest BCUT2D eigenvalue weighted by atomic mass is 9.76. The molecule has 2 N–H and O–H groups in total. The highest BCUT2D eigenvalue weighted by atomic mass is 16.4. The molecule has 1 saturated carbocycles. The molecule has 0 radical (unpaired) electrons. The molecule has 1 unspecified atom stereocenters. The van der Waals surface area contributed by atoms with Crippen LogP contribution in [0.3, 0.4) is 0 Å². The van der Waals surface area contributed by atoms with Crippen LogP contribution in [0.4, 0.5) is 4.79 Å². The Morgan fingerprint density at radius 2 is 1.89 bits per heavy atom. The standard InChI is InChI=1S/C14H24N2O3/c1-10(2)14(11(17)18)7-8-16(9-14)12(19)15-13(3)5-4-6-13/h10H,4-9H2,1-3H3,(H,15,19)(H,17,18). The normalized spacial score (nSPS) is 29.2. The van der Waals surface area contributed by atoms with E-state index >= 15 is 0 Å². The van der Waals surface area contributed by atoms with E-state index in [-0.39, 0.29) is 17.5 Å². The van der Waals surface area contributed by atoms with Crippen LogP contribution in [0, 0.1) is 11.3 Å². The first-order valence-corrected chi connectivity index (χ1v) is 7.10. The molecule has 0 spiro atoms. The maximum absolute atomic E-state index is 12.2. The fraction of sp³-hybridized carbons (Fsp3) is 0.857. The molecule has 1 aliphatic heterocycles. The lowest BCUT2D eigenvalue weighted by Gasteiger charge is -2.40. The van der Waals surface area contributed by atoms with Gasteiger partial charge < -0.3 is 15.3 Å². The fourth-order valence-electron chi connectivity index (χ4n) is 3.07. The number of rotatable bonds is 3. The molecule has 2 rings (SSSR count). The number of aliphatic carboxylic acids is 1. The Morgan fingerprint density at radius 3 is 2.26 bits per heavy atom. The predicted octanol–water partition coefficient (Wildman–Crippen LogP) is 2.07. The largest absolute Gasteiger partial charge is 0.481 e. The highest BCUT2D eigenvalue weighted by Gasteiger charge is 2.49. The zero-order valence-electron chi connectivity index (χ0n) is 12.0. The molecule has 0 aromatic heterocycles. The van der Waals surface area contributed by atoms with Crippen LogP contribution in [0.5, 0.6) is 0 Å². The lowest BCUT2D eigenvalue weighted by molar-refractivity contribution is -0.150. The monoisotopic (exact) mass is 268 g/mol. The molecule has 0 bridgehead atoms. The lowest BCUT2D eigenvalue weighted by Crippen LogP contribution is -2.55. The number of hydrogen-bond acceptors (Lipinski definition) is 2. The van der Waals surface area contributed by atoms with Crippen LogP contribution in [-0.4, -0.2) is 40.6 Å². The summed E-state index contributed by atoms with van der Waals surface area (Å²) in [5.41, 5.74) is -0.860. The highest BCUT2D eigenvalue weighted by Crippen LogP contribution is 2.38. The van der Waals surface area contributed by atoms with Gasteiger partial charge >= 0.3 is 12.0 Å². The van der Waals surface area contributed by atoms with E-state index in [0.717, 1.165) is 19.3 Å². The average molecular weight is 268 g/mol. The first kappa shape index (κ1) is 14.2. The summed E-state index contributed by atoms with van der Waals surface area (Å²) in [7, 11) is 0. The molecule has 1 heterocycles. The molecule has 0 aromatic rings. The summed E-state index contributed by atoms with van der Waals surface area (Å²) in [6.45, 7) is 6.75. The van der Waals surface area contributed by atoms with Crippen molar-refractivity contribution >= 4 is 12.0 Å². The van der Waals surface area contributed by atoms with Crippen molar-refractivity contribution in [3.63, 3.8) is 0 Å². The van der Waals surface area contributed by atoms with E-state index in [9.17, 15) is 14.7 Å². The van der Waals surface area contributed by atoms with Crippen molar-refractivity contribution in [1.82, 2.24) is 10.2 Å². The molecular formula is C14H24N2O3. The third-order valence-corrected chi connectivity index (χ3v) is 4.98. The van der Waals surface area contributed by atoms with Crippen LogP contribution < -0.4 is 5.32 Å². The van der Waals surface area contributed by atoms with Gasteiger partial charge in [-0.1, -0.05) is 13.8 Å². The Bertz CT molecular complexity index is 390. The first-order chi connectivity index (χ1) is 8.79. The van der Waals surface area contributed by atoms with Gasteiger partial charge in [0.15, 0.2) is 0 Å². The van der Waals surface area contributed by atoms with Gasteiger partial charge in [0.1, 0.15) is 0 Å². The number of amides is 2. The van der Waals surface area contributed by atoms with E-state index in [1.54, 1.807) is 4.90 Å². The summed E-state index contributed by atoms with van der Waals surface area (Å²) in [6.07, 6.45) is 3.73. The van der Waals surface area contributed by atoms with Gasteiger partial charge in [0, 0.05) is 18.6 Å². The SMILES string of the molecule is CC(C)C1(C(=O)O)CCN(C(=O)NC2(C)CCC2)C1. The minimum absolute atomic E-state index is 0.0297. The number of carboxylic acids is 1. The summed E-state index contributed by atoms with van der Waals surface area (Å²) < 4.78 is 0. The number of carbonyl (C=O) groups excluding carboxylic acids is 1. The maximum Gasteiger partial charge on any atom is 0.317 e. The summed E-state index contributed by atoms with van der Waals surface area (Å²) >= 11 is 0. The van der Waals surface area contributed by atoms with Crippen molar-refractivity contribution in [3.05, 3.63) is 0 Å². The van der Waals surface area contributed by atoms with Crippen LogP contribution >= 0.6 is 0 Å². The number of nitrogens with one attached hydrogen (secondary N) is 1. The van der Waals surface area contributed by atoms with Gasteiger partial charge in [0.2, 0.25) is 0 Å². The zero-order chi connectivity index (χ0) is 14.3. The number of nitrogens with zero attached hydrogens (tertiary/aromatic N) is 1. The topological polar surface area (TPSA) is 69.6 Å². The number of urea groups is 1. The third kappa shape index (κ3) is 2.42. The summed E-state index contributed by atoms with van der Waals surface area (Å²) in [4.78, 5) is 25.4. The summed E-state index contributed by atoms with van der Waals surface area (Å²) in [5, 5.41) is 12.5. The maximum atomic E-state index is 12.2. The van der Waals surface area contributed by atoms with Gasteiger partial charge in [-0.15, -0.1) is 0 Å². The average Bonchev–Trinajstić information content (AvgIpc) is 2.72. The minimum atomic E-state index is -0.785. The Kier molecular flexibility index (Phi) is 3.49. The van der Waals surface area contributed by atoms with Gasteiger partial charge in [0.25, 0.3) is 0 Å². The zero-order valence-corrected chi connectivity index (χ0v) is 12.0. The molecule has 1 saturated heterocycles. The van der Waals surface area contributed by atoms with E-state index in [4.69, 9.17) is 0 Å². The Labute approximate surface area is 114 Å². The molecular weight excluding hydrogens is 244 g/mol. The summed E-state index contributed by atoms with van der Waals surface area (Å²) in [5.74, 6) is -0.755. The summed E-state index contributed by atoms with van der Waals surface area (Å²) in [6, 6.07) is -0.106. The van der Waals surface area contributed by atoms with Crippen molar-refractivity contribution in [2.24, 2.45) is 11.3 Å². The van der Waals surface area contributed by atoms with Crippen LogP contribution in [0.1, 0.15) is 46.5 Å². The van der Waals surface area contributed by atoms with Crippen LogP contribution in [0.15, 0.2) is 0 Å². The molecule has 5 nitrogen and oxygen atoms in total. The second-order valence-electron chi connectivity index (χ2n) is 6.63. The van der Waals surface area contributed by atoms with Crippen molar-refractivity contribution in [2.75, 3.05) is 13.1 Å². The molecule has 5 heteroatoms. The molecule has 2 amide bonds. The van der Waals surface area contributed by atoms with E-state index in [0.29, 0.717) is 19.5 Å². The predicted molar refractivity (Wildman–Crippen MR) is 71.9 cm³/mol. The molecule has 19 heavy (non-hydrogen) atoms. The second-order valence-corrected chi connectivity index (χ2v) is 6.63. The van der Waals surface area contributed by atoms with E-state index in [1.165, 1.54) is 0 Å². The highest BCUT2D eigenvalue weighted by molar-refractivity contribution is 5.80. The Balaban J connectivity index is 2.00. The van der Waals surface area contributed by atoms with Crippen molar-refractivity contribution in [2.45, 2.75) is 52.0 Å². The smallest absolute Gasteiger partial charge is 0.317 e. The number of likely N-dealkylation sites (tertiary alicyclic amines) is 1. The third-order valence-electron chi connectivity index (χ3n) is 4.98. The van der Waals surface area contributed by atoms with Gasteiger partial charge in [-0.05, 0) is 38.5 Å². The van der Waals surface area contributed by atoms with E-state index in [2.05, 4.69) is 12.2 Å². The first-order valence-electron chi connectivity index (χ1n) is 7.10. The van der Waals surface area contributed by atoms with Crippen LogP contribution in [-0.2, 0) is 4.79 Å². The number of hydrogen-bond donors (Lipinski definition) is 2. The number of carbonyl (C=O) groups is 2. The minimum Gasteiger partial charge on any atom is -0.481 e. The van der Waals surface area contributed by atoms with Gasteiger partial charge in [-0.2, -0.15) is 0 Å². The van der Waals surface area contributed by atoms with Gasteiger partial charge in [0.05, 0.1) is 5.41 Å². The quantitative estimate of drug-likeness (QED) is 0.823. The Morgan fingerprint density at radius 1 is 1.26 bits per heavy atom. The van der Waals surface area contributed by atoms with Gasteiger partial charge in [-0.25, -0.2) is 4.79 Å². The molecule has 108 valence electrons. The Hall–Kier alpha value is -1.26. The number of carboxylic acid groups (broad SMARTS) is 1. The molecule has 2 aliphatic rings. The molecule has 1 atom stereocenters. The van der Waals surface area contributed by atoms with Crippen LogP contribution in [0.2, 0.25) is 0 Å². The van der Waals surface area contributed by atoms with E-state index in [1.807, 2.05) is 13.8 Å². The van der Waals surface area contributed by atoms with Crippen LogP contribution in [0.25, 0.3) is 0 Å². The fourth-order valence-corrected chi connectivity index (χ4v) is 3.07. The van der Waals surface area contributed by atoms with Crippen molar-refractivity contribution in [1.29, 1.82) is 0 Å². The van der Waals surface area contributed by atoms with Crippen molar-refractivity contribution in [3.8, 4) is 0 Å².